The summed E-state index contributed by atoms with van der Waals surface area (Å²) in [6.07, 6.45) is 2.66. The van der Waals surface area contributed by atoms with E-state index in [0.29, 0.717) is 6.61 Å². The molecule has 0 saturated carbocycles. The Hall–Kier alpha value is -2.06. The van der Waals surface area contributed by atoms with Crippen molar-refractivity contribution in [2.75, 3.05) is 0 Å². The number of rotatable bonds is 6. The smallest absolute Gasteiger partial charge is 0.123 e. The van der Waals surface area contributed by atoms with Gasteiger partial charge in [-0.15, -0.1) is 6.58 Å². The Labute approximate surface area is 127 Å². The monoisotopic (exact) mass is 281 g/mol. The van der Waals surface area contributed by atoms with Crippen LogP contribution in [0.2, 0.25) is 0 Å². The van der Waals surface area contributed by atoms with Crippen LogP contribution in [-0.4, -0.2) is 0 Å². The molecular formula is C19H23NO. The summed E-state index contributed by atoms with van der Waals surface area (Å²) in [5, 5.41) is 0. The number of nitrogens with two attached hydrogens (primary N) is 1. The highest BCUT2D eigenvalue weighted by atomic mass is 16.5. The predicted molar refractivity (Wildman–Crippen MR) is 88.3 cm³/mol. The van der Waals surface area contributed by atoms with E-state index >= 15 is 0 Å². The summed E-state index contributed by atoms with van der Waals surface area (Å²) in [6, 6.07) is 16.3. The van der Waals surface area contributed by atoms with Crippen molar-refractivity contribution < 1.29 is 4.74 Å². The summed E-state index contributed by atoms with van der Waals surface area (Å²) in [4.78, 5) is 0. The van der Waals surface area contributed by atoms with Crippen LogP contribution in [0.15, 0.2) is 61.2 Å². The second-order valence-electron chi connectivity index (χ2n) is 5.81. The van der Waals surface area contributed by atoms with E-state index in [1.807, 2.05) is 50.3 Å². The number of benzene rings is 2. The molecule has 0 unspecified atom stereocenters. The predicted octanol–water partition coefficient (Wildman–Crippen LogP) is 4.19. The molecule has 0 aliphatic rings. The minimum Gasteiger partial charge on any atom is -0.489 e. The zero-order valence-electron chi connectivity index (χ0n) is 12.8. The first-order valence-corrected chi connectivity index (χ1v) is 7.20. The second-order valence-corrected chi connectivity index (χ2v) is 5.81. The quantitative estimate of drug-likeness (QED) is 0.806. The molecule has 0 amide bonds. The Balaban J connectivity index is 2.20. The summed E-state index contributed by atoms with van der Waals surface area (Å²) >= 11 is 0. The van der Waals surface area contributed by atoms with E-state index in [1.165, 1.54) is 0 Å². The molecule has 0 bridgehead atoms. The van der Waals surface area contributed by atoms with Crippen LogP contribution in [0.1, 0.15) is 30.5 Å². The van der Waals surface area contributed by atoms with Gasteiger partial charge in [-0.1, -0.05) is 42.5 Å². The molecule has 2 rings (SSSR count). The van der Waals surface area contributed by atoms with Gasteiger partial charge in [-0.3, -0.25) is 0 Å². The van der Waals surface area contributed by atoms with Gasteiger partial charge in [0.25, 0.3) is 0 Å². The van der Waals surface area contributed by atoms with Crippen LogP contribution < -0.4 is 10.5 Å². The van der Waals surface area contributed by atoms with E-state index in [1.54, 1.807) is 0 Å². The maximum absolute atomic E-state index is 6.17. The highest BCUT2D eigenvalue weighted by molar-refractivity contribution is 5.40. The van der Waals surface area contributed by atoms with Gasteiger partial charge >= 0.3 is 0 Å². The lowest BCUT2D eigenvalue weighted by atomic mass is 9.93. The van der Waals surface area contributed by atoms with E-state index in [4.69, 9.17) is 10.5 Å². The van der Waals surface area contributed by atoms with Crippen LogP contribution in [-0.2, 0) is 18.6 Å². The molecule has 110 valence electrons. The minimum absolute atomic E-state index is 0.353. The molecule has 0 heterocycles. The third-order valence-corrected chi connectivity index (χ3v) is 3.41. The van der Waals surface area contributed by atoms with E-state index < -0.39 is 0 Å². The molecule has 2 nitrogen and oxygen atoms in total. The van der Waals surface area contributed by atoms with Gasteiger partial charge in [-0.05, 0) is 49.1 Å². The molecule has 0 radical (unpaired) electrons. The molecule has 0 atom stereocenters. The van der Waals surface area contributed by atoms with Gasteiger partial charge in [0.05, 0.1) is 0 Å². The number of ether oxygens (including phenoxy) is 1. The van der Waals surface area contributed by atoms with Gasteiger partial charge in [0.2, 0.25) is 0 Å². The third-order valence-electron chi connectivity index (χ3n) is 3.41. The van der Waals surface area contributed by atoms with Crippen molar-refractivity contribution >= 4 is 0 Å². The first-order valence-electron chi connectivity index (χ1n) is 7.20. The molecule has 0 fully saturated rings. The van der Waals surface area contributed by atoms with Gasteiger partial charge in [-0.25, -0.2) is 0 Å². The van der Waals surface area contributed by atoms with Gasteiger partial charge in [0.15, 0.2) is 0 Å². The van der Waals surface area contributed by atoms with Crippen molar-refractivity contribution in [2.45, 2.75) is 32.4 Å². The fraction of sp³-hybridized carbons (Fsp3) is 0.263. The van der Waals surface area contributed by atoms with Crippen molar-refractivity contribution in [2.24, 2.45) is 5.73 Å². The Morgan fingerprint density at radius 3 is 2.48 bits per heavy atom. The molecular weight excluding hydrogens is 258 g/mol. The lowest BCUT2D eigenvalue weighted by Crippen LogP contribution is -2.28. The Bertz CT molecular complexity index is 597. The summed E-state index contributed by atoms with van der Waals surface area (Å²) in [6.45, 7) is 8.40. The Morgan fingerprint density at radius 1 is 1.14 bits per heavy atom. The fourth-order valence-electron chi connectivity index (χ4n) is 2.17. The van der Waals surface area contributed by atoms with Gasteiger partial charge in [0.1, 0.15) is 12.4 Å². The Kier molecular flexibility index (Phi) is 4.81. The highest BCUT2D eigenvalue weighted by Crippen LogP contribution is 2.26. The first kappa shape index (κ1) is 15.3. The van der Waals surface area contributed by atoms with Crippen molar-refractivity contribution in [3.05, 3.63) is 77.9 Å². The lowest BCUT2D eigenvalue weighted by molar-refractivity contribution is 0.303. The van der Waals surface area contributed by atoms with Crippen LogP contribution in [0.5, 0.6) is 5.75 Å². The zero-order valence-corrected chi connectivity index (χ0v) is 12.8. The maximum atomic E-state index is 6.17. The van der Waals surface area contributed by atoms with Gasteiger partial charge in [-0.2, -0.15) is 0 Å². The number of hydrogen-bond donors (Lipinski definition) is 1. The van der Waals surface area contributed by atoms with E-state index in [9.17, 15) is 0 Å². The topological polar surface area (TPSA) is 35.2 Å². The van der Waals surface area contributed by atoms with Gasteiger partial charge < -0.3 is 10.5 Å². The molecule has 0 spiro atoms. The van der Waals surface area contributed by atoms with Crippen LogP contribution in [0, 0.1) is 0 Å². The van der Waals surface area contributed by atoms with Crippen molar-refractivity contribution in [1.82, 2.24) is 0 Å². The van der Waals surface area contributed by atoms with Crippen LogP contribution in [0.25, 0.3) is 0 Å². The SMILES string of the molecule is C=CCc1cc(C(C)(C)N)ccc1OCc1ccccc1. The molecule has 0 aromatic heterocycles. The van der Waals surface area contributed by atoms with E-state index in [0.717, 1.165) is 28.9 Å². The lowest BCUT2D eigenvalue weighted by Gasteiger charge is -2.21. The number of allylic oxidation sites excluding steroid dienone is 1. The standard InChI is InChI=1S/C19H23NO/c1-4-8-16-13-17(19(2,3)20)11-12-18(16)21-14-15-9-6-5-7-10-15/h4-7,9-13H,1,8,14,20H2,2-3H3. The molecule has 0 aliphatic heterocycles. The second kappa shape index (κ2) is 6.59. The highest BCUT2D eigenvalue weighted by Gasteiger charge is 2.16. The maximum Gasteiger partial charge on any atom is 0.123 e. The summed E-state index contributed by atoms with van der Waals surface area (Å²) < 4.78 is 5.95. The first-order chi connectivity index (χ1) is 10.0. The van der Waals surface area contributed by atoms with Crippen LogP contribution in [0.4, 0.5) is 0 Å². The van der Waals surface area contributed by atoms with E-state index in [2.05, 4.69) is 24.8 Å². The molecule has 0 saturated heterocycles. The average Bonchev–Trinajstić information content (AvgIpc) is 2.46. The molecule has 0 aliphatic carbocycles. The van der Waals surface area contributed by atoms with Crippen molar-refractivity contribution in [3.63, 3.8) is 0 Å². The van der Waals surface area contributed by atoms with Crippen LogP contribution >= 0.6 is 0 Å². The van der Waals surface area contributed by atoms with Crippen molar-refractivity contribution in [3.8, 4) is 5.75 Å². The van der Waals surface area contributed by atoms with Crippen LogP contribution in [0.3, 0.4) is 0 Å². The molecule has 2 aromatic rings. The normalized spacial score (nSPS) is 11.2. The zero-order chi connectivity index (χ0) is 15.3. The largest absolute Gasteiger partial charge is 0.489 e. The molecule has 2 N–H and O–H groups in total. The summed E-state index contributed by atoms with van der Waals surface area (Å²) in [5.41, 5.74) is 9.20. The number of hydrogen-bond acceptors (Lipinski definition) is 2. The van der Waals surface area contributed by atoms with Gasteiger partial charge in [0, 0.05) is 5.54 Å². The fourth-order valence-corrected chi connectivity index (χ4v) is 2.17. The minimum atomic E-state index is -0.353. The third kappa shape index (κ3) is 4.20. The summed E-state index contributed by atoms with van der Waals surface area (Å²) in [5.74, 6) is 0.895. The molecule has 21 heavy (non-hydrogen) atoms. The van der Waals surface area contributed by atoms with E-state index in [-0.39, 0.29) is 5.54 Å². The Morgan fingerprint density at radius 2 is 1.86 bits per heavy atom. The average molecular weight is 281 g/mol. The molecule has 2 heteroatoms. The summed E-state index contributed by atoms with van der Waals surface area (Å²) in [7, 11) is 0. The van der Waals surface area contributed by atoms with Crippen molar-refractivity contribution in [1.29, 1.82) is 0 Å². The molecule has 2 aromatic carbocycles.